The Labute approximate surface area is 169 Å². The number of hydrogen-bond donors (Lipinski definition) is 0. The number of nitriles is 1. The zero-order valence-corrected chi connectivity index (χ0v) is 18.4. The van der Waals surface area contributed by atoms with Crippen molar-refractivity contribution >= 4 is 0 Å². The van der Waals surface area contributed by atoms with Gasteiger partial charge in [-0.05, 0) is 93.8 Å². The van der Waals surface area contributed by atoms with Crippen LogP contribution >= 0.6 is 0 Å². The van der Waals surface area contributed by atoms with Crippen LogP contribution in [0.2, 0.25) is 0 Å². The summed E-state index contributed by atoms with van der Waals surface area (Å²) in [5, 5.41) is 10.1. The summed E-state index contributed by atoms with van der Waals surface area (Å²) in [6.07, 6.45) is 23.6. The highest BCUT2D eigenvalue weighted by molar-refractivity contribution is 5.06. The fraction of sp³-hybridized carbons (Fsp3) is 0.962. The lowest BCUT2D eigenvalue weighted by molar-refractivity contribution is 0.0648. The predicted octanol–water partition coefficient (Wildman–Crippen LogP) is 8.29. The SMILES string of the molecule is CCCC[C@H]1CC[C@@](C#N)([C@H]2CC[C@@H]([C@H]3CC[C@H](CCC)CC3)CC2)CC1. The van der Waals surface area contributed by atoms with Crippen molar-refractivity contribution in [3.05, 3.63) is 0 Å². The van der Waals surface area contributed by atoms with Gasteiger partial charge in [-0.2, -0.15) is 5.26 Å². The molecule has 3 aliphatic rings. The number of nitrogens with zero attached hydrogens (tertiary/aromatic N) is 1. The molecule has 0 saturated heterocycles. The molecular weight excluding hydrogens is 326 g/mol. The maximum Gasteiger partial charge on any atom is 0.0692 e. The Balaban J connectivity index is 1.45. The molecular formula is C26H45N. The van der Waals surface area contributed by atoms with E-state index in [1.807, 2.05) is 0 Å². The van der Waals surface area contributed by atoms with Crippen LogP contribution in [0.25, 0.3) is 0 Å². The van der Waals surface area contributed by atoms with Gasteiger partial charge in [0, 0.05) is 0 Å². The second-order valence-corrected chi connectivity index (χ2v) is 10.5. The summed E-state index contributed by atoms with van der Waals surface area (Å²) < 4.78 is 0. The van der Waals surface area contributed by atoms with Gasteiger partial charge in [-0.15, -0.1) is 0 Å². The Morgan fingerprint density at radius 2 is 1.26 bits per heavy atom. The molecule has 0 N–H and O–H groups in total. The quantitative estimate of drug-likeness (QED) is 0.441. The molecule has 0 aromatic rings. The lowest BCUT2D eigenvalue weighted by Crippen LogP contribution is -2.37. The van der Waals surface area contributed by atoms with Crippen LogP contribution in [-0.2, 0) is 0 Å². The number of hydrogen-bond acceptors (Lipinski definition) is 1. The molecule has 0 atom stereocenters. The van der Waals surface area contributed by atoms with Crippen molar-refractivity contribution in [2.75, 3.05) is 0 Å². The molecule has 3 saturated carbocycles. The third kappa shape index (κ3) is 5.31. The van der Waals surface area contributed by atoms with Gasteiger partial charge < -0.3 is 0 Å². The van der Waals surface area contributed by atoms with Crippen molar-refractivity contribution in [2.45, 2.75) is 123 Å². The molecule has 3 rings (SSSR count). The normalized spacial score (nSPS) is 40.4. The molecule has 154 valence electrons. The molecule has 0 unspecified atom stereocenters. The third-order valence-corrected chi connectivity index (χ3v) is 8.99. The van der Waals surface area contributed by atoms with Gasteiger partial charge in [0.1, 0.15) is 0 Å². The van der Waals surface area contributed by atoms with Gasteiger partial charge >= 0.3 is 0 Å². The van der Waals surface area contributed by atoms with Crippen molar-refractivity contribution in [2.24, 2.45) is 35.0 Å². The number of rotatable bonds is 7. The Morgan fingerprint density at radius 1 is 0.704 bits per heavy atom. The average molecular weight is 372 g/mol. The van der Waals surface area contributed by atoms with Gasteiger partial charge in [0.15, 0.2) is 0 Å². The Kier molecular flexibility index (Phi) is 8.10. The lowest BCUT2D eigenvalue weighted by atomic mass is 9.58. The molecule has 0 aromatic carbocycles. The molecule has 3 fully saturated rings. The minimum Gasteiger partial charge on any atom is -0.198 e. The number of unbranched alkanes of at least 4 members (excludes halogenated alkanes) is 1. The second-order valence-electron chi connectivity index (χ2n) is 10.5. The van der Waals surface area contributed by atoms with E-state index in [1.165, 1.54) is 109 Å². The molecule has 1 nitrogen and oxygen atoms in total. The molecule has 0 spiro atoms. The van der Waals surface area contributed by atoms with E-state index in [2.05, 4.69) is 19.9 Å². The monoisotopic (exact) mass is 371 g/mol. The van der Waals surface area contributed by atoms with Crippen molar-refractivity contribution in [3.8, 4) is 6.07 Å². The minimum absolute atomic E-state index is 0.0481. The van der Waals surface area contributed by atoms with E-state index in [0.717, 1.165) is 23.7 Å². The van der Waals surface area contributed by atoms with E-state index in [4.69, 9.17) is 0 Å². The fourth-order valence-corrected chi connectivity index (χ4v) is 7.09. The zero-order valence-electron chi connectivity index (χ0n) is 18.4. The highest BCUT2D eigenvalue weighted by Gasteiger charge is 2.44. The molecule has 0 aromatic heterocycles. The van der Waals surface area contributed by atoms with E-state index in [1.54, 1.807) is 0 Å². The molecule has 0 heterocycles. The molecule has 0 amide bonds. The van der Waals surface area contributed by atoms with Gasteiger partial charge in [-0.25, -0.2) is 0 Å². The zero-order chi connectivity index (χ0) is 19.1. The van der Waals surface area contributed by atoms with Crippen LogP contribution in [0, 0.1) is 46.3 Å². The van der Waals surface area contributed by atoms with Gasteiger partial charge in [0.25, 0.3) is 0 Å². The van der Waals surface area contributed by atoms with Gasteiger partial charge in [0.2, 0.25) is 0 Å². The topological polar surface area (TPSA) is 23.8 Å². The van der Waals surface area contributed by atoms with Crippen LogP contribution < -0.4 is 0 Å². The van der Waals surface area contributed by atoms with E-state index >= 15 is 0 Å². The smallest absolute Gasteiger partial charge is 0.0692 e. The molecule has 0 bridgehead atoms. The van der Waals surface area contributed by atoms with Crippen molar-refractivity contribution < 1.29 is 0 Å². The molecule has 3 aliphatic carbocycles. The van der Waals surface area contributed by atoms with Crippen LogP contribution in [0.1, 0.15) is 123 Å². The summed E-state index contributed by atoms with van der Waals surface area (Å²) in [7, 11) is 0. The summed E-state index contributed by atoms with van der Waals surface area (Å²) in [6, 6.07) is 2.88. The molecule has 0 radical (unpaired) electrons. The largest absolute Gasteiger partial charge is 0.198 e. The van der Waals surface area contributed by atoms with Crippen molar-refractivity contribution in [1.29, 1.82) is 5.26 Å². The van der Waals surface area contributed by atoms with Gasteiger partial charge in [0.05, 0.1) is 11.5 Å². The Morgan fingerprint density at radius 3 is 1.78 bits per heavy atom. The van der Waals surface area contributed by atoms with Crippen LogP contribution in [-0.4, -0.2) is 0 Å². The van der Waals surface area contributed by atoms with Gasteiger partial charge in [-0.1, -0.05) is 58.8 Å². The van der Waals surface area contributed by atoms with Crippen LogP contribution in [0.4, 0.5) is 0 Å². The van der Waals surface area contributed by atoms with E-state index < -0.39 is 0 Å². The summed E-state index contributed by atoms with van der Waals surface area (Å²) in [5.41, 5.74) is 0.0481. The predicted molar refractivity (Wildman–Crippen MR) is 115 cm³/mol. The molecule has 27 heavy (non-hydrogen) atoms. The third-order valence-electron chi connectivity index (χ3n) is 8.99. The summed E-state index contributed by atoms with van der Waals surface area (Å²) >= 11 is 0. The van der Waals surface area contributed by atoms with Crippen LogP contribution in [0.5, 0.6) is 0 Å². The first-order chi connectivity index (χ1) is 13.2. The maximum absolute atomic E-state index is 10.1. The lowest BCUT2D eigenvalue weighted by Gasteiger charge is -2.45. The standard InChI is InChI=1S/C26H45N/c1-3-5-7-22-16-18-26(20-27,19-17-22)25-14-12-24(13-15-25)23-10-8-21(6-4-2)9-11-23/h21-25H,3-19H2,1-2H3/t21-,22-,23-,24-,25+,26+. The summed E-state index contributed by atoms with van der Waals surface area (Å²) in [4.78, 5) is 0. The van der Waals surface area contributed by atoms with Gasteiger partial charge in [-0.3, -0.25) is 0 Å². The fourth-order valence-electron chi connectivity index (χ4n) is 7.09. The maximum atomic E-state index is 10.1. The Hall–Kier alpha value is -0.510. The van der Waals surface area contributed by atoms with Crippen molar-refractivity contribution in [3.63, 3.8) is 0 Å². The van der Waals surface area contributed by atoms with E-state index in [0.29, 0.717) is 5.92 Å². The molecule has 1 heteroatoms. The van der Waals surface area contributed by atoms with Crippen molar-refractivity contribution in [1.82, 2.24) is 0 Å². The average Bonchev–Trinajstić information content (AvgIpc) is 2.74. The Bertz CT molecular complexity index is 451. The van der Waals surface area contributed by atoms with E-state index in [-0.39, 0.29) is 5.41 Å². The van der Waals surface area contributed by atoms with Crippen LogP contribution in [0.15, 0.2) is 0 Å². The molecule has 0 aliphatic heterocycles. The highest BCUT2D eigenvalue weighted by Crippen LogP contribution is 2.52. The first-order valence-corrected chi connectivity index (χ1v) is 12.6. The minimum atomic E-state index is 0.0481. The summed E-state index contributed by atoms with van der Waals surface area (Å²) in [6.45, 7) is 4.65. The highest BCUT2D eigenvalue weighted by atomic mass is 14.5. The second kappa shape index (κ2) is 10.3. The van der Waals surface area contributed by atoms with Crippen LogP contribution in [0.3, 0.4) is 0 Å². The van der Waals surface area contributed by atoms with E-state index in [9.17, 15) is 5.26 Å². The first-order valence-electron chi connectivity index (χ1n) is 12.6. The first kappa shape index (κ1) is 21.2. The summed E-state index contributed by atoms with van der Waals surface area (Å²) in [5.74, 6) is 4.66.